The third kappa shape index (κ3) is 4.37. The topological polar surface area (TPSA) is 94.8 Å². The molecular formula is C19H24N6O3. The molecule has 9 heteroatoms. The fourth-order valence-corrected chi connectivity index (χ4v) is 3.07. The fraction of sp³-hybridized carbons (Fsp3) is 0.368. The molecule has 9 nitrogen and oxygen atoms in total. The molecule has 28 heavy (non-hydrogen) atoms. The SMILES string of the molecule is CN1CCN(c2ccc(NC(=O)c3ccc(N(C)C)c([N+](=O)[O-])c3)cn2)CC1. The average molecular weight is 384 g/mol. The molecule has 3 rings (SSSR count). The van der Waals surface area contributed by atoms with Gasteiger partial charge < -0.3 is 20.0 Å². The van der Waals surface area contributed by atoms with Gasteiger partial charge in [0.05, 0.1) is 16.8 Å². The van der Waals surface area contributed by atoms with Gasteiger partial charge >= 0.3 is 0 Å². The number of nitrogens with one attached hydrogen (secondary N) is 1. The number of benzene rings is 1. The maximum Gasteiger partial charge on any atom is 0.293 e. The lowest BCUT2D eigenvalue weighted by Gasteiger charge is -2.33. The van der Waals surface area contributed by atoms with Crippen LogP contribution in [-0.2, 0) is 0 Å². The Kier molecular flexibility index (Phi) is 5.74. The number of pyridine rings is 1. The van der Waals surface area contributed by atoms with E-state index in [1.807, 2.05) is 6.07 Å². The van der Waals surface area contributed by atoms with Crippen molar-refractivity contribution >= 4 is 28.8 Å². The van der Waals surface area contributed by atoms with Gasteiger partial charge in [-0.2, -0.15) is 0 Å². The number of carbonyl (C=O) groups excluding carboxylic acids is 1. The molecule has 2 heterocycles. The van der Waals surface area contributed by atoms with Crippen molar-refractivity contribution in [1.82, 2.24) is 9.88 Å². The molecule has 0 unspecified atom stereocenters. The van der Waals surface area contributed by atoms with Crippen molar-refractivity contribution in [3.8, 4) is 0 Å². The van der Waals surface area contributed by atoms with Crippen molar-refractivity contribution in [3.05, 3.63) is 52.2 Å². The van der Waals surface area contributed by atoms with E-state index in [0.717, 1.165) is 32.0 Å². The van der Waals surface area contributed by atoms with Crippen molar-refractivity contribution in [1.29, 1.82) is 0 Å². The molecule has 1 amide bonds. The Morgan fingerprint density at radius 3 is 2.46 bits per heavy atom. The highest BCUT2D eigenvalue weighted by Crippen LogP contribution is 2.28. The number of anilines is 3. The number of rotatable bonds is 5. The minimum atomic E-state index is -0.488. The minimum Gasteiger partial charge on any atom is -0.372 e. The Bertz CT molecular complexity index is 860. The van der Waals surface area contributed by atoms with E-state index >= 15 is 0 Å². The van der Waals surface area contributed by atoms with Crippen LogP contribution in [0.15, 0.2) is 36.5 Å². The first-order chi connectivity index (χ1) is 13.3. The van der Waals surface area contributed by atoms with Crippen molar-refractivity contribution in [2.45, 2.75) is 0 Å². The molecule has 1 N–H and O–H groups in total. The zero-order valence-electron chi connectivity index (χ0n) is 16.3. The summed E-state index contributed by atoms with van der Waals surface area (Å²) in [4.78, 5) is 33.9. The molecule has 1 fully saturated rings. The van der Waals surface area contributed by atoms with Gasteiger partial charge in [0, 0.05) is 51.9 Å². The van der Waals surface area contributed by atoms with Crippen LogP contribution >= 0.6 is 0 Å². The predicted octanol–water partition coefficient (Wildman–Crippen LogP) is 2.06. The summed E-state index contributed by atoms with van der Waals surface area (Å²) < 4.78 is 0. The highest BCUT2D eigenvalue weighted by Gasteiger charge is 2.19. The Morgan fingerprint density at radius 1 is 1.18 bits per heavy atom. The average Bonchev–Trinajstić information content (AvgIpc) is 2.68. The van der Waals surface area contributed by atoms with Crippen molar-refractivity contribution in [2.24, 2.45) is 0 Å². The van der Waals surface area contributed by atoms with Gasteiger partial charge in [-0.25, -0.2) is 4.98 Å². The molecule has 1 saturated heterocycles. The molecule has 2 aromatic rings. The highest BCUT2D eigenvalue weighted by molar-refractivity contribution is 6.05. The van der Waals surface area contributed by atoms with E-state index in [0.29, 0.717) is 11.4 Å². The second kappa shape index (κ2) is 8.22. The largest absolute Gasteiger partial charge is 0.372 e. The second-order valence-electron chi connectivity index (χ2n) is 7.00. The summed E-state index contributed by atoms with van der Waals surface area (Å²) in [5, 5.41) is 14.0. The Balaban J connectivity index is 1.71. The van der Waals surface area contributed by atoms with Gasteiger partial charge in [-0.1, -0.05) is 0 Å². The number of nitro groups is 1. The van der Waals surface area contributed by atoms with Gasteiger partial charge in [0.2, 0.25) is 0 Å². The lowest BCUT2D eigenvalue weighted by atomic mass is 10.1. The number of hydrogen-bond donors (Lipinski definition) is 1. The summed E-state index contributed by atoms with van der Waals surface area (Å²) in [7, 11) is 5.53. The summed E-state index contributed by atoms with van der Waals surface area (Å²) >= 11 is 0. The number of piperazine rings is 1. The number of likely N-dealkylation sites (N-methyl/N-ethyl adjacent to an activating group) is 1. The van der Waals surface area contributed by atoms with Gasteiger partial charge in [0.1, 0.15) is 11.5 Å². The van der Waals surface area contributed by atoms with Crippen LogP contribution in [0.1, 0.15) is 10.4 Å². The van der Waals surface area contributed by atoms with Crippen LogP contribution in [0.2, 0.25) is 0 Å². The van der Waals surface area contributed by atoms with E-state index < -0.39 is 10.8 Å². The maximum absolute atomic E-state index is 12.5. The van der Waals surface area contributed by atoms with E-state index in [-0.39, 0.29) is 11.3 Å². The summed E-state index contributed by atoms with van der Waals surface area (Å²) in [5.41, 5.74) is 1.10. The first-order valence-electron chi connectivity index (χ1n) is 9.02. The van der Waals surface area contributed by atoms with Crippen LogP contribution in [0.25, 0.3) is 0 Å². The lowest BCUT2D eigenvalue weighted by molar-refractivity contribution is -0.384. The molecule has 1 aromatic heterocycles. The molecule has 0 atom stereocenters. The smallest absolute Gasteiger partial charge is 0.293 e. The van der Waals surface area contributed by atoms with E-state index in [9.17, 15) is 14.9 Å². The quantitative estimate of drug-likeness (QED) is 0.623. The zero-order valence-corrected chi connectivity index (χ0v) is 16.3. The molecule has 0 radical (unpaired) electrons. The van der Waals surface area contributed by atoms with E-state index in [2.05, 4.69) is 27.1 Å². The van der Waals surface area contributed by atoms with Crippen LogP contribution in [0.4, 0.5) is 22.9 Å². The second-order valence-corrected chi connectivity index (χ2v) is 7.00. The van der Waals surface area contributed by atoms with Crippen molar-refractivity contribution in [3.63, 3.8) is 0 Å². The van der Waals surface area contributed by atoms with Crippen LogP contribution in [-0.4, -0.2) is 68.0 Å². The van der Waals surface area contributed by atoms with Crippen LogP contribution in [0, 0.1) is 10.1 Å². The maximum atomic E-state index is 12.5. The first-order valence-corrected chi connectivity index (χ1v) is 9.02. The summed E-state index contributed by atoms with van der Waals surface area (Å²) in [5.74, 6) is 0.458. The van der Waals surface area contributed by atoms with Crippen LogP contribution in [0.3, 0.4) is 0 Å². The lowest BCUT2D eigenvalue weighted by Crippen LogP contribution is -2.44. The molecule has 0 bridgehead atoms. The number of nitro benzene ring substituents is 1. The van der Waals surface area contributed by atoms with Crippen molar-refractivity contribution in [2.75, 3.05) is 62.4 Å². The number of amides is 1. The van der Waals surface area contributed by atoms with Gasteiger partial charge in [0.25, 0.3) is 11.6 Å². The van der Waals surface area contributed by atoms with E-state index in [4.69, 9.17) is 0 Å². The van der Waals surface area contributed by atoms with Gasteiger partial charge in [0.15, 0.2) is 0 Å². The first kappa shape index (κ1) is 19.6. The molecule has 0 aliphatic carbocycles. The Labute approximate surface area is 163 Å². The van der Waals surface area contributed by atoms with E-state index in [1.165, 1.54) is 6.07 Å². The van der Waals surface area contributed by atoms with Crippen LogP contribution in [0.5, 0.6) is 0 Å². The monoisotopic (exact) mass is 384 g/mol. The Hall–Kier alpha value is -3.20. The molecule has 0 spiro atoms. The number of carbonyl (C=O) groups is 1. The molecule has 0 saturated carbocycles. The van der Waals surface area contributed by atoms with E-state index in [1.54, 1.807) is 43.4 Å². The summed E-state index contributed by atoms with van der Waals surface area (Å²) in [6.45, 7) is 3.80. The Morgan fingerprint density at radius 2 is 1.89 bits per heavy atom. The van der Waals surface area contributed by atoms with Gasteiger partial charge in [-0.3, -0.25) is 14.9 Å². The summed E-state index contributed by atoms with van der Waals surface area (Å²) in [6.07, 6.45) is 1.61. The minimum absolute atomic E-state index is 0.110. The predicted molar refractivity (Wildman–Crippen MR) is 109 cm³/mol. The molecular weight excluding hydrogens is 360 g/mol. The molecule has 148 valence electrons. The normalized spacial score (nSPS) is 14.6. The number of aromatic nitrogens is 1. The summed E-state index contributed by atoms with van der Waals surface area (Å²) in [6, 6.07) is 8.10. The van der Waals surface area contributed by atoms with Gasteiger partial charge in [-0.15, -0.1) is 0 Å². The highest BCUT2D eigenvalue weighted by atomic mass is 16.6. The third-order valence-corrected chi connectivity index (χ3v) is 4.75. The molecule has 1 aromatic carbocycles. The van der Waals surface area contributed by atoms with Gasteiger partial charge in [-0.05, 0) is 31.3 Å². The fourth-order valence-electron chi connectivity index (χ4n) is 3.07. The molecule has 1 aliphatic heterocycles. The number of nitrogens with zero attached hydrogens (tertiary/aromatic N) is 5. The standard InChI is InChI=1S/C19H24N6O3/c1-22(2)16-6-4-14(12-17(16)25(27)28)19(26)21-15-5-7-18(20-13-15)24-10-8-23(3)9-11-24/h4-7,12-13H,8-11H2,1-3H3,(H,21,26). The van der Waals surface area contributed by atoms with Crippen LogP contribution < -0.4 is 15.1 Å². The zero-order chi connectivity index (χ0) is 20.3. The molecule has 1 aliphatic rings. The third-order valence-electron chi connectivity index (χ3n) is 4.75. The van der Waals surface area contributed by atoms with Crippen molar-refractivity contribution < 1.29 is 9.72 Å². The number of hydrogen-bond acceptors (Lipinski definition) is 7.